The van der Waals surface area contributed by atoms with E-state index < -0.39 is 11.7 Å². The molecule has 0 aliphatic heterocycles. The SMILES string of the molecule is Cc1ccccc1.Nc1nccc(-c2nccnc2-c2cccc(C(F)(F)F)c2)n1. The van der Waals surface area contributed by atoms with Gasteiger partial charge in [-0.25, -0.2) is 9.97 Å². The van der Waals surface area contributed by atoms with E-state index in [4.69, 9.17) is 5.73 Å². The van der Waals surface area contributed by atoms with Gasteiger partial charge in [0, 0.05) is 24.2 Å². The number of hydrogen-bond donors (Lipinski definition) is 1. The van der Waals surface area contributed by atoms with Crippen molar-refractivity contribution in [3.8, 4) is 22.6 Å². The zero-order valence-corrected chi connectivity index (χ0v) is 16.0. The Bertz CT molecular complexity index is 1110. The Morgan fingerprint density at radius 2 is 1.47 bits per heavy atom. The number of anilines is 1. The van der Waals surface area contributed by atoms with Crippen LogP contribution < -0.4 is 5.73 Å². The van der Waals surface area contributed by atoms with Gasteiger partial charge in [0.15, 0.2) is 0 Å². The van der Waals surface area contributed by atoms with Crippen LogP contribution in [0.2, 0.25) is 0 Å². The Labute approximate surface area is 171 Å². The van der Waals surface area contributed by atoms with E-state index in [2.05, 4.69) is 39.0 Å². The second-order valence-electron chi connectivity index (χ2n) is 6.29. The zero-order valence-electron chi connectivity index (χ0n) is 16.0. The average Bonchev–Trinajstić information content (AvgIpc) is 2.74. The molecule has 30 heavy (non-hydrogen) atoms. The molecule has 0 radical (unpaired) electrons. The lowest BCUT2D eigenvalue weighted by Crippen LogP contribution is -2.05. The van der Waals surface area contributed by atoms with E-state index in [1.165, 1.54) is 36.3 Å². The summed E-state index contributed by atoms with van der Waals surface area (Å²) in [5.74, 6) is 0.0446. The molecule has 0 saturated heterocycles. The van der Waals surface area contributed by atoms with E-state index in [0.29, 0.717) is 17.0 Å². The minimum Gasteiger partial charge on any atom is -0.368 e. The normalized spacial score (nSPS) is 10.8. The van der Waals surface area contributed by atoms with Crippen LogP contribution in [0.3, 0.4) is 0 Å². The van der Waals surface area contributed by atoms with E-state index in [1.807, 2.05) is 18.2 Å². The highest BCUT2D eigenvalue weighted by molar-refractivity contribution is 5.76. The molecule has 2 heterocycles. The lowest BCUT2D eigenvalue weighted by molar-refractivity contribution is -0.137. The molecule has 4 aromatic rings. The van der Waals surface area contributed by atoms with Crippen molar-refractivity contribution < 1.29 is 13.2 Å². The van der Waals surface area contributed by atoms with E-state index in [1.54, 1.807) is 6.07 Å². The third kappa shape index (κ3) is 5.38. The van der Waals surface area contributed by atoms with Crippen molar-refractivity contribution in [3.05, 3.63) is 90.4 Å². The summed E-state index contributed by atoms with van der Waals surface area (Å²) in [5, 5.41) is 0. The fourth-order valence-electron chi connectivity index (χ4n) is 2.62. The summed E-state index contributed by atoms with van der Waals surface area (Å²) in [5.41, 5.74) is 7.41. The number of halogens is 3. The van der Waals surface area contributed by atoms with Crippen LogP contribution in [-0.2, 0) is 6.18 Å². The standard InChI is InChI=1S/C15H10F3N5.C7H8/c16-15(17,18)10-3-1-2-9(8-10)12-13(21-7-6-20-12)11-4-5-22-14(19)23-11;1-7-5-3-2-4-6-7/h1-8H,(H2,19,22,23);2-6H,1H3. The topological polar surface area (TPSA) is 77.6 Å². The number of nitrogens with zero attached hydrogens (tertiary/aromatic N) is 4. The highest BCUT2D eigenvalue weighted by Crippen LogP contribution is 2.33. The molecule has 4 rings (SSSR count). The smallest absolute Gasteiger partial charge is 0.368 e. The Morgan fingerprint density at radius 1 is 0.767 bits per heavy atom. The summed E-state index contributed by atoms with van der Waals surface area (Å²) in [6.45, 7) is 2.08. The largest absolute Gasteiger partial charge is 0.416 e. The molecule has 2 aromatic heterocycles. The molecule has 0 unspecified atom stereocenters. The van der Waals surface area contributed by atoms with Gasteiger partial charge >= 0.3 is 6.18 Å². The Hall–Kier alpha value is -3.81. The highest BCUT2D eigenvalue weighted by atomic mass is 19.4. The number of rotatable bonds is 2. The minimum absolute atomic E-state index is 0.0446. The molecule has 0 aliphatic carbocycles. The lowest BCUT2D eigenvalue weighted by atomic mass is 10.0. The van der Waals surface area contributed by atoms with Crippen molar-refractivity contribution in [2.45, 2.75) is 13.1 Å². The highest BCUT2D eigenvalue weighted by Gasteiger charge is 2.30. The summed E-state index contributed by atoms with van der Waals surface area (Å²) in [6.07, 6.45) is -0.144. The number of aromatic nitrogens is 4. The van der Waals surface area contributed by atoms with Crippen LogP contribution in [0.4, 0.5) is 19.1 Å². The zero-order chi connectivity index (χ0) is 21.6. The Kier molecular flexibility index (Phi) is 6.36. The predicted molar refractivity (Wildman–Crippen MR) is 109 cm³/mol. The van der Waals surface area contributed by atoms with Gasteiger partial charge in [-0.3, -0.25) is 9.97 Å². The van der Waals surface area contributed by atoms with Gasteiger partial charge in [0.1, 0.15) is 5.69 Å². The van der Waals surface area contributed by atoms with Crippen LogP contribution in [0.25, 0.3) is 22.6 Å². The third-order valence-electron chi connectivity index (χ3n) is 4.02. The Morgan fingerprint density at radius 3 is 2.07 bits per heavy atom. The maximum atomic E-state index is 12.9. The van der Waals surface area contributed by atoms with Gasteiger partial charge in [-0.15, -0.1) is 0 Å². The fraction of sp³-hybridized carbons (Fsp3) is 0.0909. The number of nitrogen functional groups attached to an aromatic ring is 1. The first-order chi connectivity index (χ1) is 14.3. The van der Waals surface area contributed by atoms with Gasteiger partial charge in [-0.1, -0.05) is 48.0 Å². The molecule has 0 aliphatic rings. The van der Waals surface area contributed by atoms with Gasteiger partial charge in [0.25, 0.3) is 0 Å². The van der Waals surface area contributed by atoms with E-state index in [0.717, 1.165) is 12.1 Å². The molecule has 0 amide bonds. The number of aryl methyl sites for hydroxylation is 1. The monoisotopic (exact) mass is 409 g/mol. The lowest BCUT2D eigenvalue weighted by Gasteiger charge is -2.10. The minimum atomic E-state index is -4.43. The maximum Gasteiger partial charge on any atom is 0.416 e. The maximum absolute atomic E-state index is 12.9. The third-order valence-corrected chi connectivity index (χ3v) is 4.02. The van der Waals surface area contributed by atoms with Gasteiger partial charge in [0.05, 0.1) is 17.0 Å². The van der Waals surface area contributed by atoms with Gasteiger partial charge in [0.2, 0.25) is 5.95 Å². The molecule has 0 fully saturated rings. The van der Waals surface area contributed by atoms with Crippen molar-refractivity contribution in [1.29, 1.82) is 0 Å². The quantitative estimate of drug-likeness (QED) is 0.493. The average molecular weight is 409 g/mol. The van der Waals surface area contributed by atoms with Crippen molar-refractivity contribution in [2.24, 2.45) is 0 Å². The Balaban J connectivity index is 0.000000310. The molecule has 0 spiro atoms. The summed E-state index contributed by atoms with van der Waals surface area (Å²) in [4.78, 5) is 16.1. The van der Waals surface area contributed by atoms with E-state index in [-0.39, 0.29) is 11.6 Å². The molecule has 2 N–H and O–H groups in total. The molecular formula is C22H18F3N5. The second kappa shape index (κ2) is 9.13. The van der Waals surface area contributed by atoms with Crippen LogP contribution in [0.5, 0.6) is 0 Å². The molecule has 0 bridgehead atoms. The number of alkyl halides is 3. The summed E-state index contributed by atoms with van der Waals surface area (Å²) in [6, 6.07) is 16.7. The van der Waals surface area contributed by atoms with Gasteiger partial charge in [-0.2, -0.15) is 13.2 Å². The van der Waals surface area contributed by atoms with Crippen LogP contribution in [-0.4, -0.2) is 19.9 Å². The first-order valence-corrected chi connectivity index (χ1v) is 8.94. The van der Waals surface area contributed by atoms with E-state index in [9.17, 15) is 13.2 Å². The van der Waals surface area contributed by atoms with Crippen LogP contribution >= 0.6 is 0 Å². The summed E-state index contributed by atoms with van der Waals surface area (Å²) < 4.78 is 38.7. The van der Waals surface area contributed by atoms with Gasteiger partial charge in [-0.05, 0) is 25.1 Å². The van der Waals surface area contributed by atoms with Crippen LogP contribution in [0, 0.1) is 6.92 Å². The molecular weight excluding hydrogens is 391 g/mol. The predicted octanol–water partition coefficient (Wildman–Crippen LogP) is 5.20. The molecule has 152 valence electrons. The first-order valence-electron chi connectivity index (χ1n) is 8.94. The molecule has 8 heteroatoms. The van der Waals surface area contributed by atoms with Crippen molar-refractivity contribution in [3.63, 3.8) is 0 Å². The molecule has 5 nitrogen and oxygen atoms in total. The molecule has 0 saturated carbocycles. The van der Waals surface area contributed by atoms with Crippen molar-refractivity contribution >= 4 is 5.95 Å². The first kappa shape index (κ1) is 20.9. The summed E-state index contributed by atoms with van der Waals surface area (Å²) in [7, 11) is 0. The van der Waals surface area contributed by atoms with Crippen molar-refractivity contribution in [2.75, 3.05) is 5.73 Å². The molecule has 2 aromatic carbocycles. The fourth-order valence-corrected chi connectivity index (χ4v) is 2.62. The number of benzene rings is 2. The summed E-state index contributed by atoms with van der Waals surface area (Å²) >= 11 is 0. The molecule has 0 atom stereocenters. The number of nitrogens with two attached hydrogens (primary N) is 1. The van der Waals surface area contributed by atoms with Gasteiger partial charge < -0.3 is 5.73 Å². The second-order valence-corrected chi connectivity index (χ2v) is 6.29. The van der Waals surface area contributed by atoms with Crippen molar-refractivity contribution in [1.82, 2.24) is 19.9 Å². The van der Waals surface area contributed by atoms with E-state index >= 15 is 0 Å². The van der Waals surface area contributed by atoms with Crippen LogP contribution in [0.15, 0.2) is 79.3 Å². The van der Waals surface area contributed by atoms with Crippen LogP contribution in [0.1, 0.15) is 11.1 Å². The number of hydrogen-bond acceptors (Lipinski definition) is 5.